The summed E-state index contributed by atoms with van der Waals surface area (Å²) in [6, 6.07) is 5.89. The predicted molar refractivity (Wildman–Crippen MR) is 70.1 cm³/mol. The van der Waals surface area contributed by atoms with Crippen molar-refractivity contribution >= 4 is 27.4 Å². The molecule has 0 spiro atoms. The summed E-state index contributed by atoms with van der Waals surface area (Å²) in [4.78, 5) is 13.9. The lowest BCUT2D eigenvalue weighted by molar-refractivity contribution is 0.101. The van der Waals surface area contributed by atoms with E-state index in [2.05, 4.69) is 33.8 Å². The van der Waals surface area contributed by atoms with E-state index in [-0.39, 0.29) is 5.78 Å². The van der Waals surface area contributed by atoms with Gasteiger partial charge in [0.15, 0.2) is 5.78 Å². The Morgan fingerprint density at radius 1 is 1.50 bits per heavy atom. The van der Waals surface area contributed by atoms with Crippen molar-refractivity contribution in [2.24, 2.45) is 5.92 Å². The molecule has 1 aromatic rings. The first kappa shape index (κ1) is 11.6. The summed E-state index contributed by atoms with van der Waals surface area (Å²) in [5.41, 5.74) is 1.91. The first-order valence-corrected chi connectivity index (χ1v) is 6.42. The Bertz CT molecular complexity index is 416. The number of Topliss-reactive ketones (excluding diaryl/α,β-unsaturated/α-hetero) is 1. The summed E-state index contributed by atoms with van der Waals surface area (Å²) >= 11 is 3.47. The van der Waals surface area contributed by atoms with Crippen LogP contribution < -0.4 is 4.90 Å². The van der Waals surface area contributed by atoms with E-state index < -0.39 is 0 Å². The Balaban J connectivity index is 2.37. The fraction of sp³-hybridized carbons (Fsp3) is 0.462. The smallest absolute Gasteiger partial charge is 0.161 e. The van der Waals surface area contributed by atoms with Gasteiger partial charge in [0, 0.05) is 28.8 Å². The lowest BCUT2D eigenvalue weighted by Gasteiger charge is -2.21. The average molecular weight is 282 g/mol. The molecule has 0 aromatic heterocycles. The van der Waals surface area contributed by atoms with E-state index in [0.29, 0.717) is 0 Å². The van der Waals surface area contributed by atoms with Crippen LogP contribution in [0.15, 0.2) is 22.7 Å². The monoisotopic (exact) mass is 281 g/mol. The molecule has 2 rings (SSSR count). The van der Waals surface area contributed by atoms with Gasteiger partial charge in [0.2, 0.25) is 0 Å². The van der Waals surface area contributed by atoms with Crippen LogP contribution in [0.4, 0.5) is 5.69 Å². The fourth-order valence-electron chi connectivity index (χ4n) is 2.22. The number of nitrogens with zero attached hydrogens (tertiary/aromatic N) is 1. The Morgan fingerprint density at radius 2 is 2.25 bits per heavy atom. The standard InChI is InChI=1S/C13H16BrNO/c1-9-5-6-15(8-9)13-7-11(14)3-4-12(13)10(2)16/h3-4,7,9H,5-6,8H2,1-2H3. The molecule has 86 valence electrons. The second kappa shape index (κ2) is 4.58. The van der Waals surface area contributed by atoms with Crippen LogP contribution in [0.25, 0.3) is 0 Å². The molecule has 1 heterocycles. The molecular weight excluding hydrogens is 266 g/mol. The number of benzene rings is 1. The van der Waals surface area contributed by atoms with E-state index in [0.717, 1.165) is 34.7 Å². The molecule has 1 aliphatic heterocycles. The van der Waals surface area contributed by atoms with Crippen molar-refractivity contribution in [3.63, 3.8) is 0 Å². The van der Waals surface area contributed by atoms with Crippen LogP contribution in [-0.4, -0.2) is 18.9 Å². The van der Waals surface area contributed by atoms with E-state index in [1.54, 1.807) is 6.92 Å². The summed E-state index contributed by atoms with van der Waals surface area (Å²) < 4.78 is 1.03. The fourth-order valence-corrected chi connectivity index (χ4v) is 2.57. The maximum Gasteiger partial charge on any atom is 0.161 e. The van der Waals surface area contributed by atoms with Gasteiger partial charge in [-0.15, -0.1) is 0 Å². The second-order valence-electron chi connectivity index (χ2n) is 4.56. The summed E-state index contributed by atoms with van der Waals surface area (Å²) in [5.74, 6) is 0.862. The van der Waals surface area contributed by atoms with Gasteiger partial charge in [-0.3, -0.25) is 4.79 Å². The number of rotatable bonds is 2. The molecule has 1 aliphatic rings. The first-order chi connectivity index (χ1) is 7.58. The minimum absolute atomic E-state index is 0.141. The van der Waals surface area contributed by atoms with E-state index in [9.17, 15) is 4.79 Å². The third kappa shape index (κ3) is 2.29. The van der Waals surface area contributed by atoms with Gasteiger partial charge in [-0.1, -0.05) is 22.9 Å². The highest BCUT2D eigenvalue weighted by Crippen LogP contribution is 2.29. The van der Waals surface area contributed by atoms with Crippen LogP contribution in [0, 0.1) is 5.92 Å². The highest BCUT2D eigenvalue weighted by molar-refractivity contribution is 9.10. The quantitative estimate of drug-likeness (QED) is 0.774. The summed E-state index contributed by atoms with van der Waals surface area (Å²) in [6.07, 6.45) is 1.21. The minimum atomic E-state index is 0.141. The Morgan fingerprint density at radius 3 is 2.81 bits per heavy atom. The van der Waals surface area contributed by atoms with Gasteiger partial charge in [0.1, 0.15) is 0 Å². The topological polar surface area (TPSA) is 20.3 Å². The number of halogens is 1. The van der Waals surface area contributed by atoms with Gasteiger partial charge < -0.3 is 4.90 Å². The summed E-state index contributed by atoms with van der Waals surface area (Å²) in [6.45, 7) is 5.99. The van der Waals surface area contributed by atoms with E-state index in [4.69, 9.17) is 0 Å². The van der Waals surface area contributed by atoms with Crippen LogP contribution in [0.1, 0.15) is 30.6 Å². The largest absolute Gasteiger partial charge is 0.371 e. The van der Waals surface area contributed by atoms with E-state index >= 15 is 0 Å². The lowest BCUT2D eigenvalue weighted by atomic mass is 10.1. The highest BCUT2D eigenvalue weighted by atomic mass is 79.9. The molecule has 2 nitrogen and oxygen atoms in total. The maximum absolute atomic E-state index is 11.6. The van der Waals surface area contributed by atoms with Crippen molar-refractivity contribution < 1.29 is 4.79 Å². The Kier molecular flexibility index (Phi) is 3.33. The summed E-state index contributed by atoms with van der Waals surface area (Å²) in [5, 5.41) is 0. The van der Waals surface area contributed by atoms with Crippen molar-refractivity contribution in [3.8, 4) is 0 Å². The van der Waals surface area contributed by atoms with Crippen LogP contribution in [0.3, 0.4) is 0 Å². The minimum Gasteiger partial charge on any atom is -0.371 e. The molecule has 0 radical (unpaired) electrons. The molecule has 0 aliphatic carbocycles. The molecule has 0 amide bonds. The SMILES string of the molecule is CC(=O)c1ccc(Br)cc1N1CCC(C)C1. The molecule has 1 atom stereocenters. The van der Waals surface area contributed by atoms with Gasteiger partial charge in [-0.2, -0.15) is 0 Å². The van der Waals surface area contributed by atoms with Crippen molar-refractivity contribution in [3.05, 3.63) is 28.2 Å². The highest BCUT2D eigenvalue weighted by Gasteiger charge is 2.22. The molecule has 3 heteroatoms. The van der Waals surface area contributed by atoms with Crippen molar-refractivity contribution in [2.75, 3.05) is 18.0 Å². The molecule has 0 N–H and O–H groups in total. The van der Waals surface area contributed by atoms with Crippen molar-refractivity contribution in [1.29, 1.82) is 0 Å². The van der Waals surface area contributed by atoms with E-state index in [1.165, 1.54) is 6.42 Å². The Hall–Kier alpha value is -0.830. The zero-order valence-electron chi connectivity index (χ0n) is 9.66. The molecule has 0 bridgehead atoms. The number of carbonyl (C=O) groups excluding carboxylic acids is 1. The van der Waals surface area contributed by atoms with Crippen LogP contribution in [0.2, 0.25) is 0 Å². The van der Waals surface area contributed by atoms with Crippen molar-refractivity contribution in [1.82, 2.24) is 0 Å². The number of hydrogen-bond acceptors (Lipinski definition) is 2. The third-order valence-electron chi connectivity index (χ3n) is 3.10. The van der Waals surface area contributed by atoms with Crippen LogP contribution in [-0.2, 0) is 0 Å². The van der Waals surface area contributed by atoms with E-state index in [1.807, 2.05) is 12.1 Å². The number of anilines is 1. The van der Waals surface area contributed by atoms with Gasteiger partial charge >= 0.3 is 0 Å². The van der Waals surface area contributed by atoms with Gasteiger partial charge in [-0.05, 0) is 37.5 Å². The van der Waals surface area contributed by atoms with Crippen LogP contribution >= 0.6 is 15.9 Å². The van der Waals surface area contributed by atoms with Crippen molar-refractivity contribution in [2.45, 2.75) is 20.3 Å². The number of ketones is 1. The molecule has 1 aromatic carbocycles. The Labute approximate surface area is 105 Å². The number of carbonyl (C=O) groups is 1. The van der Waals surface area contributed by atoms with Crippen LogP contribution in [0.5, 0.6) is 0 Å². The molecule has 0 saturated carbocycles. The molecule has 1 unspecified atom stereocenters. The zero-order chi connectivity index (χ0) is 11.7. The molecular formula is C13H16BrNO. The van der Waals surface area contributed by atoms with Gasteiger partial charge in [-0.25, -0.2) is 0 Å². The molecule has 1 fully saturated rings. The average Bonchev–Trinajstić information content (AvgIpc) is 2.64. The third-order valence-corrected chi connectivity index (χ3v) is 3.60. The maximum atomic E-state index is 11.6. The zero-order valence-corrected chi connectivity index (χ0v) is 11.3. The summed E-state index contributed by atoms with van der Waals surface area (Å²) in [7, 11) is 0. The second-order valence-corrected chi connectivity index (χ2v) is 5.47. The molecule has 1 saturated heterocycles. The number of hydrogen-bond donors (Lipinski definition) is 0. The molecule has 16 heavy (non-hydrogen) atoms. The predicted octanol–water partition coefficient (Wildman–Crippen LogP) is 3.50. The van der Waals surface area contributed by atoms with Gasteiger partial charge in [0.25, 0.3) is 0 Å². The lowest BCUT2D eigenvalue weighted by Crippen LogP contribution is -2.21. The van der Waals surface area contributed by atoms with Gasteiger partial charge in [0.05, 0.1) is 0 Å². The first-order valence-electron chi connectivity index (χ1n) is 5.63. The normalized spacial score (nSPS) is 20.2.